The standard InChI is InChI=1S/C13H12ClNO2S/c1-17-13(16)9-4-5-11(14)12(7-9)15-8-10-3-2-6-18-10/h2-7,15H,8H2,1H3. The Labute approximate surface area is 114 Å². The van der Waals surface area contributed by atoms with E-state index in [1.54, 1.807) is 29.5 Å². The third-order valence-electron chi connectivity index (χ3n) is 2.42. The minimum Gasteiger partial charge on any atom is -0.465 e. The molecule has 0 atom stereocenters. The monoisotopic (exact) mass is 281 g/mol. The van der Waals surface area contributed by atoms with Crippen LogP contribution in [-0.4, -0.2) is 13.1 Å². The van der Waals surface area contributed by atoms with E-state index in [4.69, 9.17) is 11.6 Å². The molecule has 1 aromatic carbocycles. The third kappa shape index (κ3) is 3.03. The van der Waals surface area contributed by atoms with Gasteiger partial charge in [0.2, 0.25) is 0 Å². The van der Waals surface area contributed by atoms with Gasteiger partial charge in [-0.1, -0.05) is 17.7 Å². The fourth-order valence-electron chi connectivity index (χ4n) is 1.50. The number of hydrogen-bond acceptors (Lipinski definition) is 4. The van der Waals surface area contributed by atoms with Crippen LogP contribution in [-0.2, 0) is 11.3 Å². The lowest BCUT2D eigenvalue weighted by Crippen LogP contribution is -2.04. The van der Waals surface area contributed by atoms with Gasteiger partial charge in [0.25, 0.3) is 0 Å². The van der Waals surface area contributed by atoms with Crippen molar-refractivity contribution < 1.29 is 9.53 Å². The van der Waals surface area contributed by atoms with E-state index >= 15 is 0 Å². The van der Waals surface area contributed by atoms with Crippen LogP contribution >= 0.6 is 22.9 Å². The van der Waals surface area contributed by atoms with Crippen molar-refractivity contribution in [1.82, 2.24) is 0 Å². The van der Waals surface area contributed by atoms with E-state index in [2.05, 4.69) is 10.1 Å². The Morgan fingerprint density at radius 3 is 2.94 bits per heavy atom. The number of anilines is 1. The van der Waals surface area contributed by atoms with Crippen molar-refractivity contribution in [2.75, 3.05) is 12.4 Å². The zero-order chi connectivity index (χ0) is 13.0. The highest BCUT2D eigenvalue weighted by Crippen LogP contribution is 2.24. The Hall–Kier alpha value is -1.52. The maximum Gasteiger partial charge on any atom is 0.337 e. The normalized spacial score (nSPS) is 10.1. The molecule has 2 rings (SSSR count). The molecule has 0 saturated carbocycles. The van der Waals surface area contributed by atoms with Crippen molar-refractivity contribution in [2.24, 2.45) is 0 Å². The molecule has 0 amide bonds. The number of ether oxygens (including phenoxy) is 1. The van der Waals surface area contributed by atoms with Gasteiger partial charge in [-0.05, 0) is 29.6 Å². The summed E-state index contributed by atoms with van der Waals surface area (Å²) in [6.45, 7) is 0.683. The SMILES string of the molecule is COC(=O)c1ccc(Cl)c(NCc2cccs2)c1. The molecule has 1 heterocycles. The molecule has 3 nitrogen and oxygen atoms in total. The van der Waals surface area contributed by atoms with Gasteiger partial charge in [0.15, 0.2) is 0 Å². The van der Waals surface area contributed by atoms with Gasteiger partial charge in [0.1, 0.15) is 0 Å². The van der Waals surface area contributed by atoms with Crippen molar-refractivity contribution >= 4 is 34.6 Å². The maximum atomic E-state index is 11.4. The highest BCUT2D eigenvalue weighted by molar-refractivity contribution is 7.09. The number of esters is 1. The van der Waals surface area contributed by atoms with Gasteiger partial charge in [0, 0.05) is 11.4 Å². The molecular formula is C13H12ClNO2S. The zero-order valence-electron chi connectivity index (χ0n) is 9.77. The topological polar surface area (TPSA) is 38.3 Å². The second-order valence-corrected chi connectivity index (χ2v) is 5.06. The second kappa shape index (κ2) is 5.89. The van der Waals surface area contributed by atoms with Crippen molar-refractivity contribution in [1.29, 1.82) is 0 Å². The van der Waals surface area contributed by atoms with Crippen molar-refractivity contribution in [3.63, 3.8) is 0 Å². The molecule has 2 aromatic rings. The molecule has 0 saturated heterocycles. The lowest BCUT2D eigenvalue weighted by Gasteiger charge is -2.08. The van der Waals surface area contributed by atoms with Crippen LogP contribution in [0.2, 0.25) is 5.02 Å². The number of rotatable bonds is 4. The molecule has 0 spiro atoms. The van der Waals surface area contributed by atoms with E-state index in [9.17, 15) is 4.79 Å². The molecule has 94 valence electrons. The lowest BCUT2D eigenvalue weighted by molar-refractivity contribution is 0.0601. The minimum absolute atomic E-state index is 0.370. The number of benzene rings is 1. The zero-order valence-corrected chi connectivity index (χ0v) is 11.3. The lowest BCUT2D eigenvalue weighted by atomic mass is 10.2. The first-order valence-corrected chi connectivity index (χ1v) is 6.60. The maximum absolute atomic E-state index is 11.4. The molecule has 1 N–H and O–H groups in total. The minimum atomic E-state index is -0.370. The third-order valence-corrected chi connectivity index (χ3v) is 3.63. The van der Waals surface area contributed by atoms with Crippen LogP contribution in [0.4, 0.5) is 5.69 Å². The van der Waals surface area contributed by atoms with Crippen LogP contribution < -0.4 is 5.32 Å². The van der Waals surface area contributed by atoms with E-state index in [-0.39, 0.29) is 5.97 Å². The average molecular weight is 282 g/mol. The molecule has 0 fully saturated rings. The Kier molecular flexibility index (Phi) is 4.23. The summed E-state index contributed by atoms with van der Waals surface area (Å²) in [6, 6.07) is 9.06. The second-order valence-electron chi connectivity index (χ2n) is 3.62. The summed E-state index contributed by atoms with van der Waals surface area (Å²) in [7, 11) is 1.36. The number of thiophene rings is 1. The quantitative estimate of drug-likeness (QED) is 0.866. The molecule has 0 aliphatic rings. The predicted octanol–water partition coefficient (Wildman–Crippen LogP) is 3.80. The molecule has 1 aromatic heterocycles. The van der Waals surface area contributed by atoms with E-state index in [1.165, 1.54) is 12.0 Å². The highest BCUT2D eigenvalue weighted by Gasteiger charge is 2.08. The van der Waals surface area contributed by atoms with Gasteiger partial charge in [0.05, 0.1) is 23.4 Å². The van der Waals surface area contributed by atoms with Gasteiger partial charge in [-0.2, -0.15) is 0 Å². The van der Waals surface area contributed by atoms with E-state index in [0.29, 0.717) is 17.1 Å². The number of methoxy groups -OCH3 is 1. The van der Waals surface area contributed by atoms with Crippen molar-refractivity contribution in [3.8, 4) is 0 Å². The molecule has 0 bridgehead atoms. The largest absolute Gasteiger partial charge is 0.465 e. The summed E-state index contributed by atoms with van der Waals surface area (Å²) in [4.78, 5) is 12.6. The summed E-state index contributed by atoms with van der Waals surface area (Å²) in [5.41, 5.74) is 1.21. The molecule has 5 heteroatoms. The molecule has 0 aliphatic carbocycles. The molecular weight excluding hydrogens is 270 g/mol. The highest BCUT2D eigenvalue weighted by atomic mass is 35.5. The number of carbonyl (C=O) groups excluding carboxylic acids is 1. The van der Waals surface area contributed by atoms with E-state index in [0.717, 1.165) is 5.69 Å². The summed E-state index contributed by atoms with van der Waals surface area (Å²) in [5.74, 6) is -0.370. The molecule has 18 heavy (non-hydrogen) atoms. The van der Waals surface area contributed by atoms with Gasteiger partial charge < -0.3 is 10.1 Å². The van der Waals surface area contributed by atoms with E-state index in [1.807, 2.05) is 17.5 Å². The van der Waals surface area contributed by atoms with Gasteiger partial charge >= 0.3 is 5.97 Å². The van der Waals surface area contributed by atoms with Crippen LogP contribution in [0.3, 0.4) is 0 Å². The van der Waals surface area contributed by atoms with Gasteiger partial charge in [-0.15, -0.1) is 11.3 Å². The fraction of sp³-hybridized carbons (Fsp3) is 0.154. The van der Waals surface area contributed by atoms with Crippen LogP contribution in [0.25, 0.3) is 0 Å². The predicted molar refractivity (Wildman–Crippen MR) is 74.4 cm³/mol. The first-order chi connectivity index (χ1) is 8.70. The van der Waals surface area contributed by atoms with Crippen molar-refractivity contribution in [2.45, 2.75) is 6.54 Å². The van der Waals surface area contributed by atoms with E-state index < -0.39 is 0 Å². The molecule has 0 aliphatic heterocycles. The van der Waals surface area contributed by atoms with Crippen LogP contribution in [0.5, 0.6) is 0 Å². The number of hydrogen-bond donors (Lipinski definition) is 1. The molecule has 0 radical (unpaired) electrons. The average Bonchev–Trinajstić information content (AvgIpc) is 2.90. The van der Waals surface area contributed by atoms with Crippen LogP contribution in [0.1, 0.15) is 15.2 Å². The smallest absolute Gasteiger partial charge is 0.337 e. The fourth-order valence-corrected chi connectivity index (χ4v) is 2.33. The Morgan fingerprint density at radius 2 is 2.28 bits per heavy atom. The number of halogens is 1. The summed E-state index contributed by atoms with van der Waals surface area (Å²) in [5, 5.41) is 5.81. The Bertz CT molecular complexity index is 540. The summed E-state index contributed by atoms with van der Waals surface area (Å²) >= 11 is 7.74. The molecule has 0 unspecified atom stereocenters. The first-order valence-electron chi connectivity index (χ1n) is 5.35. The van der Waals surface area contributed by atoms with Crippen LogP contribution in [0.15, 0.2) is 35.7 Å². The summed E-state index contributed by atoms with van der Waals surface area (Å²) < 4.78 is 4.67. The number of nitrogens with one attached hydrogen (secondary N) is 1. The Morgan fingerprint density at radius 1 is 1.44 bits per heavy atom. The van der Waals surface area contributed by atoms with Crippen LogP contribution in [0, 0.1) is 0 Å². The van der Waals surface area contributed by atoms with Crippen molar-refractivity contribution in [3.05, 3.63) is 51.2 Å². The summed E-state index contributed by atoms with van der Waals surface area (Å²) in [6.07, 6.45) is 0. The van der Waals surface area contributed by atoms with Gasteiger partial charge in [-0.25, -0.2) is 4.79 Å². The Balaban J connectivity index is 2.13. The number of carbonyl (C=O) groups is 1. The first kappa shape index (κ1) is 12.9. The van der Waals surface area contributed by atoms with Gasteiger partial charge in [-0.3, -0.25) is 0 Å².